The van der Waals surface area contributed by atoms with Crippen molar-refractivity contribution >= 4 is 11.6 Å². The van der Waals surface area contributed by atoms with E-state index in [4.69, 9.17) is 13.6 Å². The third kappa shape index (κ3) is 2.82. The molecule has 1 aromatic carbocycles. The number of furan rings is 2. The van der Waals surface area contributed by atoms with E-state index in [-0.39, 0.29) is 17.7 Å². The van der Waals surface area contributed by atoms with Crippen molar-refractivity contribution in [3.05, 3.63) is 78.1 Å². The van der Waals surface area contributed by atoms with Crippen LogP contribution >= 0.6 is 0 Å². The minimum absolute atomic E-state index is 0.243. The number of rotatable bonds is 4. The molecule has 1 aliphatic heterocycles. The first kappa shape index (κ1) is 15.3. The van der Waals surface area contributed by atoms with Gasteiger partial charge in [-0.1, -0.05) is 12.1 Å². The van der Waals surface area contributed by atoms with Gasteiger partial charge in [0.25, 0.3) is 0 Å². The lowest BCUT2D eigenvalue weighted by atomic mass is 10.0. The molecule has 2 aromatic heterocycles. The Morgan fingerprint density at radius 2 is 2.00 bits per heavy atom. The summed E-state index contributed by atoms with van der Waals surface area (Å²) in [4.78, 5) is 12.8. The van der Waals surface area contributed by atoms with Gasteiger partial charge in [-0.2, -0.15) is 5.10 Å². The van der Waals surface area contributed by atoms with E-state index < -0.39 is 0 Å². The van der Waals surface area contributed by atoms with E-state index in [1.165, 1.54) is 11.3 Å². The molecule has 1 aliphatic rings. The van der Waals surface area contributed by atoms with Crippen LogP contribution in [0, 0.1) is 0 Å². The highest BCUT2D eigenvalue weighted by atomic mass is 16.5. The van der Waals surface area contributed by atoms with Crippen molar-refractivity contribution in [3.63, 3.8) is 0 Å². The summed E-state index contributed by atoms with van der Waals surface area (Å²) < 4.78 is 16.0. The van der Waals surface area contributed by atoms with Crippen molar-refractivity contribution in [2.24, 2.45) is 5.10 Å². The average molecular weight is 336 g/mol. The fourth-order valence-corrected chi connectivity index (χ4v) is 2.89. The molecule has 3 aromatic rings. The van der Waals surface area contributed by atoms with Gasteiger partial charge in [0.15, 0.2) is 5.76 Å². The van der Waals surface area contributed by atoms with Crippen LogP contribution in [0.2, 0.25) is 0 Å². The number of benzene rings is 1. The quantitative estimate of drug-likeness (QED) is 0.725. The summed E-state index contributed by atoms with van der Waals surface area (Å²) in [5.74, 6) is 1.36. The van der Waals surface area contributed by atoms with Gasteiger partial charge >= 0.3 is 5.91 Å². The van der Waals surface area contributed by atoms with E-state index in [9.17, 15) is 4.79 Å². The van der Waals surface area contributed by atoms with Crippen LogP contribution in [0.3, 0.4) is 0 Å². The second-order valence-electron chi connectivity index (χ2n) is 5.64. The van der Waals surface area contributed by atoms with Crippen molar-refractivity contribution in [1.29, 1.82) is 0 Å². The molecular weight excluding hydrogens is 320 g/mol. The molecule has 1 amide bonds. The SMILES string of the molecule is COc1cccc(C2=NN(C(=O)c3ccco3)[C@@H](c3ccco3)C2)c1. The van der Waals surface area contributed by atoms with Crippen LogP contribution in [0.15, 0.2) is 75.0 Å². The molecule has 3 heterocycles. The van der Waals surface area contributed by atoms with Gasteiger partial charge in [-0.05, 0) is 36.4 Å². The minimum atomic E-state index is -0.311. The Bertz CT molecular complexity index is 897. The average Bonchev–Trinajstić information content (AvgIpc) is 3.42. The summed E-state index contributed by atoms with van der Waals surface area (Å²) in [7, 11) is 1.62. The Morgan fingerprint density at radius 1 is 1.16 bits per heavy atom. The first-order valence-electron chi connectivity index (χ1n) is 7.88. The number of nitrogens with zero attached hydrogens (tertiary/aromatic N) is 2. The Hall–Kier alpha value is -3.28. The summed E-state index contributed by atoms with van der Waals surface area (Å²) in [5, 5.41) is 5.97. The molecule has 0 spiro atoms. The standard InChI is InChI=1S/C19H16N2O4/c1-23-14-6-2-5-13(11-14)15-12-16(17-7-3-9-24-17)21(20-15)19(22)18-8-4-10-25-18/h2-11,16H,12H2,1H3/t16-/m1/s1. The maximum Gasteiger partial charge on any atom is 0.310 e. The number of hydrogen-bond acceptors (Lipinski definition) is 5. The van der Waals surface area contributed by atoms with Gasteiger partial charge in [-0.25, -0.2) is 5.01 Å². The van der Waals surface area contributed by atoms with E-state index in [1.807, 2.05) is 30.3 Å². The fraction of sp³-hybridized carbons (Fsp3) is 0.158. The topological polar surface area (TPSA) is 68.2 Å². The van der Waals surface area contributed by atoms with Crippen LogP contribution in [0.25, 0.3) is 0 Å². The molecule has 0 N–H and O–H groups in total. The van der Waals surface area contributed by atoms with Crippen LogP contribution in [-0.2, 0) is 0 Å². The maximum atomic E-state index is 12.8. The molecular formula is C19H16N2O4. The first-order valence-corrected chi connectivity index (χ1v) is 7.88. The van der Waals surface area contributed by atoms with Gasteiger partial charge in [-0.15, -0.1) is 0 Å². The van der Waals surface area contributed by atoms with Gasteiger partial charge in [0.05, 0.1) is 25.3 Å². The molecule has 0 aliphatic carbocycles. The predicted octanol–water partition coefficient (Wildman–Crippen LogP) is 3.87. The molecule has 0 radical (unpaired) electrons. The zero-order valence-corrected chi connectivity index (χ0v) is 13.6. The zero-order valence-electron chi connectivity index (χ0n) is 13.6. The highest BCUT2D eigenvalue weighted by Crippen LogP contribution is 2.34. The molecule has 0 fully saturated rings. The largest absolute Gasteiger partial charge is 0.497 e. The van der Waals surface area contributed by atoms with Crippen molar-refractivity contribution in [2.45, 2.75) is 12.5 Å². The molecule has 0 saturated carbocycles. The molecule has 4 rings (SSSR count). The Labute approximate surface area is 144 Å². The van der Waals surface area contributed by atoms with Crippen molar-refractivity contribution in [3.8, 4) is 5.75 Å². The van der Waals surface area contributed by atoms with E-state index in [0.29, 0.717) is 12.2 Å². The lowest BCUT2D eigenvalue weighted by Crippen LogP contribution is -2.26. The second kappa shape index (κ2) is 6.32. The molecule has 6 nitrogen and oxygen atoms in total. The van der Waals surface area contributed by atoms with E-state index in [1.54, 1.807) is 31.6 Å². The Kier molecular flexibility index (Phi) is 3.85. The van der Waals surface area contributed by atoms with E-state index in [2.05, 4.69) is 5.10 Å². The van der Waals surface area contributed by atoms with Crippen LogP contribution < -0.4 is 4.74 Å². The third-order valence-corrected chi connectivity index (χ3v) is 4.12. The molecule has 0 unspecified atom stereocenters. The molecule has 0 saturated heterocycles. The Balaban J connectivity index is 1.71. The molecule has 6 heteroatoms. The number of amides is 1. The van der Waals surface area contributed by atoms with Gasteiger partial charge in [0.1, 0.15) is 17.6 Å². The third-order valence-electron chi connectivity index (χ3n) is 4.12. The zero-order chi connectivity index (χ0) is 17.2. The molecule has 0 bridgehead atoms. The van der Waals surface area contributed by atoms with Crippen molar-refractivity contribution in [1.82, 2.24) is 5.01 Å². The minimum Gasteiger partial charge on any atom is -0.497 e. The van der Waals surface area contributed by atoms with Gasteiger partial charge in [0, 0.05) is 12.0 Å². The number of carbonyl (C=O) groups excluding carboxylic acids is 1. The highest BCUT2D eigenvalue weighted by molar-refractivity contribution is 6.04. The van der Waals surface area contributed by atoms with E-state index in [0.717, 1.165) is 17.0 Å². The van der Waals surface area contributed by atoms with Gasteiger partial charge in [-0.3, -0.25) is 4.79 Å². The number of hydrazone groups is 1. The monoisotopic (exact) mass is 336 g/mol. The molecule has 126 valence electrons. The summed E-state index contributed by atoms with van der Waals surface area (Å²) >= 11 is 0. The van der Waals surface area contributed by atoms with Crippen LogP contribution in [-0.4, -0.2) is 23.7 Å². The van der Waals surface area contributed by atoms with E-state index >= 15 is 0 Å². The molecule has 1 atom stereocenters. The van der Waals surface area contributed by atoms with Gasteiger partial charge in [0.2, 0.25) is 0 Å². The summed E-state index contributed by atoms with van der Waals surface area (Å²) in [6.45, 7) is 0. The van der Waals surface area contributed by atoms with Crippen LogP contribution in [0.1, 0.15) is 34.3 Å². The van der Waals surface area contributed by atoms with Crippen molar-refractivity contribution in [2.75, 3.05) is 7.11 Å². The lowest BCUT2D eigenvalue weighted by molar-refractivity contribution is 0.0660. The van der Waals surface area contributed by atoms with Gasteiger partial charge < -0.3 is 13.6 Å². The highest BCUT2D eigenvalue weighted by Gasteiger charge is 2.36. The first-order chi connectivity index (χ1) is 12.3. The van der Waals surface area contributed by atoms with Crippen LogP contribution in [0.4, 0.5) is 0 Å². The van der Waals surface area contributed by atoms with Crippen LogP contribution in [0.5, 0.6) is 5.75 Å². The summed E-state index contributed by atoms with van der Waals surface area (Å²) in [5.41, 5.74) is 1.70. The Morgan fingerprint density at radius 3 is 2.72 bits per heavy atom. The normalized spacial score (nSPS) is 16.8. The van der Waals surface area contributed by atoms with Crippen molar-refractivity contribution < 1.29 is 18.4 Å². The number of ether oxygens (including phenoxy) is 1. The number of carbonyl (C=O) groups is 1. The second-order valence-corrected chi connectivity index (χ2v) is 5.64. The number of methoxy groups -OCH3 is 1. The maximum absolute atomic E-state index is 12.8. The molecule has 25 heavy (non-hydrogen) atoms. The fourth-order valence-electron chi connectivity index (χ4n) is 2.89. The lowest BCUT2D eigenvalue weighted by Gasteiger charge is -2.18. The summed E-state index contributed by atoms with van der Waals surface area (Å²) in [6, 6.07) is 14.3. The predicted molar refractivity (Wildman–Crippen MR) is 90.5 cm³/mol. The number of hydrogen-bond donors (Lipinski definition) is 0. The summed E-state index contributed by atoms with van der Waals surface area (Å²) in [6.07, 6.45) is 3.61. The smallest absolute Gasteiger partial charge is 0.310 e.